The SMILES string of the molecule is O=C(Nc1ccc2c(c1)OCO2)N1CCC2(CCN(CCN3CCOCC3)C2=O)C1. The summed E-state index contributed by atoms with van der Waals surface area (Å²) < 4.78 is 16.1. The molecule has 0 aliphatic carbocycles. The molecule has 0 radical (unpaired) electrons. The maximum Gasteiger partial charge on any atom is 0.321 e. The Morgan fingerprint density at radius 3 is 2.70 bits per heavy atom. The van der Waals surface area contributed by atoms with Gasteiger partial charge in [-0.1, -0.05) is 0 Å². The lowest BCUT2D eigenvalue weighted by atomic mass is 9.85. The van der Waals surface area contributed by atoms with E-state index in [1.807, 2.05) is 4.90 Å². The molecule has 0 saturated carbocycles. The van der Waals surface area contributed by atoms with Crippen LogP contribution in [0.5, 0.6) is 11.5 Å². The van der Waals surface area contributed by atoms with Crippen LogP contribution >= 0.6 is 0 Å². The molecule has 4 aliphatic rings. The van der Waals surface area contributed by atoms with Crippen molar-refractivity contribution in [3.8, 4) is 11.5 Å². The Labute approximate surface area is 175 Å². The number of morpholine rings is 1. The molecule has 1 aromatic carbocycles. The number of hydrogen-bond acceptors (Lipinski definition) is 6. The van der Waals surface area contributed by atoms with E-state index in [0.29, 0.717) is 30.3 Å². The highest BCUT2D eigenvalue weighted by molar-refractivity contribution is 5.92. The van der Waals surface area contributed by atoms with Crippen molar-refractivity contribution in [2.45, 2.75) is 12.8 Å². The van der Waals surface area contributed by atoms with Crippen LogP contribution in [0, 0.1) is 5.41 Å². The van der Waals surface area contributed by atoms with Crippen molar-refractivity contribution in [2.24, 2.45) is 5.41 Å². The van der Waals surface area contributed by atoms with Crippen molar-refractivity contribution >= 4 is 17.6 Å². The molecule has 4 aliphatic heterocycles. The number of anilines is 1. The average molecular weight is 416 g/mol. The average Bonchev–Trinajstić information content (AvgIpc) is 3.48. The quantitative estimate of drug-likeness (QED) is 0.794. The zero-order chi connectivity index (χ0) is 20.6. The van der Waals surface area contributed by atoms with Crippen LogP contribution in [0.25, 0.3) is 0 Å². The van der Waals surface area contributed by atoms with Gasteiger partial charge in [-0.3, -0.25) is 9.69 Å². The van der Waals surface area contributed by atoms with Crippen LogP contribution in [0.2, 0.25) is 0 Å². The summed E-state index contributed by atoms with van der Waals surface area (Å²) in [5, 5.41) is 2.92. The predicted octanol–water partition coefficient (Wildman–Crippen LogP) is 1.20. The van der Waals surface area contributed by atoms with Crippen LogP contribution in [0.3, 0.4) is 0 Å². The number of urea groups is 1. The number of nitrogens with zero attached hydrogens (tertiary/aromatic N) is 3. The van der Waals surface area contributed by atoms with Crippen molar-refractivity contribution < 1.29 is 23.8 Å². The van der Waals surface area contributed by atoms with Crippen molar-refractivity contribution in [3.05, 3.63) is 18.2 Å². The van der Waals surface area contributed by atoms with Crippen molar-refractivity contribution in [1.29, 1.82) is 0 Å². The monoisotopic (exact) mass is 416 g/mol. The number of benzene rings is 1. The van der Waals surface area contributed by atoms with Crippen LogP contribution in [0.15, 0.2) is 18.2 Å². The largest absolute Gasteiger partial charge is 0.454 e. The molecule has 0 aromatic heterocycles. The van der Waals surface area contributed by atoms with Gasteiger partial charge in [-0.2, -0.15) is 0 Å². The molecule has 1 atom stereocenters. The van der Waals surface area contributed by atoms with E-state index in [9.17, 15) is 9.59 Å². The van der Waals surface area contributed by atoms with Crippen molar-refractivity contribution in [3.63, 3.8) is 0 Å². The lowest BCUT2D eigenvalue weighted by molar-refractivity contribution is -0.135. The van der Waals surface area contributed by atoms with Crippen LogP contribution < -0.4 is 14.8 Å². The Balaban J connectivity index is 1.15. The van der Waals surface area contributed by atoms with E-state index in [-0.39, 0.29) is 18.7 Å². The van der Waals surface area contributed by atoms with E-state index in [0.717, 1.165) is 58.8 Å². The van der Waals surface area contributed by atoms with Crippen LogP contribution in [0.4, 0.5) is 10.5 Å². The lowest BCUT2D eigenvalue weighted by Crippen LogP contribution is -2.44. The second kappa shape index (κ2) is 7.96. The third kappa shape index (κ3) is 3.67. The van der Waals surface area contributed by atoms with Gasteiger partial charge in [0, 0.05) is 57.6 Å². The van der Waals surface area contributed by atoms with E-state index in [1.165, 1.54) is 0 Å². The third-order valence-electron chi connectivity index (χ3n) is 6.66. The Kier molecular flexibility index (Phi) is 5.16. The Morgan fingerprint density at radius 2 is 1.83 bits per heavy atom. The van der Waals surface area contributed by atoms with Crippen molar-refractivity contribution in [1.82, 2.24) is 14.7 Å². The molecule has 3 fully saturated rings. The van der Waals surface area contributed by atoms with E-state index in [4.69, 9.17) is 14.2 Å². The summed E-state index contributed by atoms with van der Waals surface area (Å²) in [5.41, 5.74) is 0.243. The van der Waals surface area contributed by atoms with Crippen LogP contribution in [0.1, 0.15) is 12.8 Å². The second-order valence-corrected chi connectivity index (χ2v) is 8.45. The van der Waals surface area contributed by atoms with Gasteiger partial charge in [-0.15, -0.1) is 0 Å². The maximum absolute atomic E-state index is 13.2. The number of likely N-dealkylation sites (tertiary alicyclic amines) is 2. The highest BCUT2D eigenvalue weighted by Crippen LogP contribution is 2.41. The summed E-state index contributed by atoms with van der Waals surface area (Å²) in [6, 6.07) is 5.17. The van der Waals surface area contributed by atoms with Gasteiger partial charge in [-0.05, 0) is 25.0 Å². The summed E-state index contributed by atoms with van der Waals surface area (Å²) in [7, 11) is 0. The maximum atomic E-state index is 13.2. The van der Waals surface area contributed by atoms with Gasteiger partial charge in [0.25, 0.3) is 0 Å². The molecular formula is C21H28N4O5. The minimum absolute atomic E-state index is 0.176. The molecule has 162 valence electrons. The first-order chi connectivity index (χ1) is 14.6. The van der Waals surface area contributed by atoms with Gasteiger partial charge in [0.2, 0.25) is 12.7 Å². The van der Waals surface area contributed by atoms with Gasteiger partial charge < -0.3 is 29.3 Å². The molecule has 1 unspecified atom stereocenters. The molecule has 3 amide bonds. The van der Waals surface area contributed by atoms with Gasteiger partial charge in [0.15, 0.2) is 11.5 Å². The normalized spacial score (nSPS) is 26.1. The van der Waals surface area contributed by atoms with Gasteiger partial charge >= 0.3 is 6.03 Å². The van der Waals surface area contributed by atoms with Crippen LogP contribution in [-0.4, -0.2) is 92.5 Å². The zero-order valence-corrected chi connectivity index (χ0v) is 17.1. The topological polar surface area (TPSA) is 83.6 Å². The van der Waals surface area contributed by atoms with E-state index >= 15 is 0 Å². The molecule has 5 rings (SSSR count). The first-order valence-corrected chi connectivity index (χ1v) is 10.7. The first kappa shape index (κ1) is 19.4. The fraction of sp³-hybridized carbons (Fsp3) is 0.619. The number of carbonyl (C=O) groups excluding carboxylic acids is 2. The molecule has 1 aromatic rings. The van der Waals surface area contributed by atoms with E-state index in [1.54, 1.807) is 23.1 Å². The molecule has 30 heavy (non-hydrogen) atoms. The number of ether oxygens (including phenoxy) is 3. The molecule has 9 heteroatoms. The minimum atomic E-state index is -0.419. The van der Waals surface area contributed by atoms with Gasteiger partial charge in [0.05, 0.1) is 18.6 Å². The summed E-state index contributed by atoms with van der Waals surface area (Å²) in [4.78, 5) is 32.0. The summed E-state index contributed by atoms with van der Waals surface area (Å²) >= 11 is 0. The molecule has 9 nitrogen and oxygen atoms in total. The van der Waals surface area contributed by atoms with E-state index < -0.39 is 5.41 Å². The molecule has 3 saturated heterocycles. The fourth-order valence-electron chi connectivity index (χ4n) is 4.79. The number of carbonyl (C=O) groups is 2. The molecule has 4 heterocycles. The minimum Gasteiger partial charge on any atom is -0.454 e. The summed E-state index contributed by atoms with van der Waals surface area (Å²) in [6.07, 6.45) is 1.55. The third-order valence-corrected chi connectivity index (χ3v) is 6.66. The van der Waals surface area contributed by atoms with Gasteiger partial charge in [-0.25, -0.2) is 4.79 Å². The first-order valence-electron chi connectivity index (χ1n) is 10.7. The number of rotatable bonds is 4. The Hall–Kier alpha value is -2.52. The highest BCUT2D eigenvalue weighted by atomic mass is 16.7. The fourth-order valence-corrected chi connectivity index (χ4v) is 4.79. The van der Waals surface area contributed by atoms with Crippen molar-refractivity contribution in [2.75, 3.05) is 71.1 Å². The molecular weight excluding hydrogens is 388 g/mol. The number of fused-ring (bicyclic) bond motifs is 1. The predicted molar refractivity (Wildman–Crippen MR) is 109 cm³/mol. The standard InChI is InChI=1S/C21H28N4O5/c26-19-21(3-5-24(19)8-7-23-9-11-28-12-10-23)4-6-25(14-21)20(27)22-16-1-2-17-18(13-16)30-15-29-17/h1-2,13H,3-12,14-15H2,(H,22,27). The number of amides is 3. The number of hydrogen-bond donors (Lipinski definition) is 1. The van der Waals surface area contributed by atoms with Crippen LogP contribution in [-0.2, 0) is 9.53 Å². The second-order valence-electron chi connectivity index (χ2n) is 8.45. The Bertz CT molecular complexity index is 828. The van der Waals surface area contributed by atoms with Gasteiger partial charge in [0.1, 0.15) is 0 Å². The number of nitrogens with one attached hydrogen (secondary N) is 1. The smallest absolute Gasteiger partial charge is 0.321 e. The Morgan fingerprint density at radius 1 is 1.03 bits per heavy atom. The summed E-state index contributed by atoms with van der Waals surface area (Å²) in [5.74, 6) is 1.52. The van der Waals surface area contributed by atoms with E-state index in [2.05, 4.69) is 10.2 Å². The molecule has 0 bridgehead atoms. The molecule has 1 spiro atoms. The highest BCUT2D eigenvalue weighted by Gasteiger charge is 2.51. The zero-order valence-electron chi connectivity index (χ0n) is 17.1. The molecule has 1 N–H and O–H groups in total. The summed E-state index contributed by atoms with van der Waals surface area (Å²) in [6.45, 7) is 7.10. The lowest BCUT2D eigenvalue weighted by Gasteiger charge is -2.29.